The number of carbonyl (C=O) groups excluding carboxylic acids is 1. The number of esters is 1. The van der Waals surface area contributed by atoms with Crippen molar-refractivity contribution in [2.45, 2.75) is 52.1 Å². The van der Waals surface area contributed by atoms with E-state index < -0.39 is 5.97 Å². The van der Waals surface area contributed by atoms with Crippen molar-refractivity contribution < 1.29 is 33.7 Å². The lowest BCUT2D eigenvalue weighted by Gasteiger charge is -2.16. The monoisotopic (exact) mass is 852 g/mol. The number of benzene rings is 5. The Morgan fingerprint density at radius 3 is 1.91 bits per heavy atom. The number of aryl methyl sites for hydroxylation is 1. The number of allylic oxidation sites excluding steroid dienone is 4. The number of carboxylic acid groups (broad SMARTS) is 1. The van der Waals surface area contributed by atoms with Crippen LogP contribution >= 0.6 is 31.9 Å². The molecule has 0 unspecified atom stereocenters. The molecular formula is C45H39Br2FO6. The summed E-state index contributed by atoms with van der Waals surface area (Å²) in [5.74, 6) is -0.561. The molecule has 5 aromatic carbocycles. The van der Waals surface area contributed by atoms with Gasteiger partial charge in [0.05, 0.1) is 18.2 Å². The highest BCUT2D eigenvalue weighted by Crippen LogP contribution is 2.45. The van der Waals surface area contributed by atoms with Gasteiger partial charge in [-0.3, -0.25) is 0 Å². The average Bonchev–Trinajstić information content (AvgIpc) is 3.87. The lowest BCUT2D eigenvalue weighted by molar-refractivity contribution is 0.0599. The number of phenolic OH excluding ortho intramolecular Hbond substituents is 1. The number of halogens is 3. The Balaban J connectivity index is 0.000000197. The number of phenols is 1. The summed E-state index contributed by atoms with van der Waals surface area (Å²) in [7, 11) is 1.39. The van der Waals surface area contributed by atoms with Crippen LogP contribution in [-0.2, 0) is 11.3 Å². The maximum atomic E-state index is 14.3. The molecule has 0 radical (unpaired) electrons. The minimum atomic E-state index is -0.924. The maximum absolute atomic E-state index is 14.3. The van der Waals surface area contributed by atoms with Crippen LogP contribution in [0.5, 0.6) is 11.5 Å². The minimum absolute atomic E-state index is 0.154. The van der Waals surface area contributed by atoms with Crippen molar-refractivity contribution in [2.24, 2.45) is 0 Å². The predicted octanol–water partition coefficient (Wildman–Crippen LogP) is 12.3. The zero-order chi connectivity index (χ0) is 38.4. The van der Waals surface area contributed by atoms with Crippen LogP contribution in [0, 0.1) is 12.7 Å². The number of carbonyl (C=O) groups is 2. The first-order chi connectivity index (χ1) is 26.0. The molecule has 0 saturated heterocycles. The summed E-state index contributed by atoms with van der Waals surface area (Å²) in [6.07, 6.45) is 5.63. The Hall–Kier alpha value is -4.99. The van der Waals surface area contributed by atoms with Crippen molar-refractivity contribution in [2.75, 3.05) is 7.11 Å². The summed E-state index contributed by atoms with van der Waals surface area (Å²) >= 11 is 7.01. The Bertz CT molecular complexity index is 2290. The van der Waals surface area contributed by atoms with Gasteiger partial charge >= 0.3 is 11.9 Å². The smallest absolute Gasteiger partial charge is 0.337 e. The van der Waals surface area contributed by atoms with Gasteiger partial charge in [-0.25, -0.2) is 14.0 Å². The molecule has 2 aliphatic rings. The normalized spacial score (nSPS) is 13.8. The van der Waals surface area contributed by atoms with E-state index in [1.54, 1.807) is 42.5 Å². The summed E-state index contributed by atoms with van der Waals surface area (Å²) in [6, 6.07) is 31.0. The Morgan fingerprint density at radius 1 is 0.704 bits per heavy atom. The molecule has 0 aliphatic heterocycles. The number of rotatable bonds is 9. The molecule has 7 rings (SSSR count). The molecular weight excluding hydrogens is 815 g/mol. The third-order valence-electron chi connectivity index (χ3n) is 9.67. The molecule has 9 heteroatoms. The van der Waals surface area contributed by atoms with E-state index in [1.807, 2.05) is 61.5 Å². The van der Waals surface area contributed by atoms with Gasteiger partial charge in [0.15, 0.2) is 0 Å². The van der Waals surface area contributed by atoms with Gasteiger partial charge in [0, 0.05) is 25.6 Å². The summed E-state index contributed by atoms with van der Waals surface area (Å²) in [6.45, 7) is 2.02. The molecule has 0 fully saturated rings. The first kappa shape index (κ1) is 38.7. The van der Waals surface area contributed by atoms with Crippen LogP contribution in [0.15, 0.2) is 112 Å². The van der Waals surface area contributed by atoms with Crippen molar-refractivity contribution in [1.82, 2.24) is 0 Å². The Morgan fingerprint density at radius 2 is 1.28 bits per heavy atom. The number of methoxy groups -OCH3 is 1. The van der Waals surface area contributed by atoms with Gasteiger partial charge in [-0.2, -0.15) is 0 Å². The van der Waals surface area contributed by atoms with Crippen LogP contribution in [0.1, 0.15) is 92.6 Å². The quantitative estimate of drug-likeness (QED) is 0.143. The molecule has 0 bridgehead atoms. The van der Waals surface area contributed by atoms with Crippen LogP contribution in [0.2, 0.25) is 0 Å². The van der Waals surface area contributed by atoms with Crippen LogP contribution in [-0.4, -0.2) is 29.3 Å². The Kier molecular flexibility index (Phi) is 12.5. The molecule has 0 saturated carbocycles. The van der Waals surface area contributed by atoms with E-state index >= 15 is 0 Å². The summed E-state index contributed by atoms with van der Waals surface area (Å²) in [5, 5.41) is 19.3. The SMILES string of the molecule is COC(=O)c1cccc(C2=C(c3cc(Br)ccc3OCc3ccc(C)cc3F)CCC2)c1.O=C(O)c1cccc(C2=C(c3cc(Br)ccc3O)CCC2)c1. The second kappa shape index (κ2) is 17.4. The number of aromatic carboxylic acids is 1. The van der Waals surface area contributed by atoms with E-state index in [2.05, 4.69) is 31.9 Å². The number of hydrogen-bond acceptors (Lipinski definition) is 5. The summed E-state index contributed by atoms with van der Waals surface area (Å²) in [4.78, 5) is 23.2. The van der Waals surface area contributed by atoms with Gasteiger partial charge in [-0.15, -0.1) is 0 Å². The standard InChI is InChI=1S/C27H24BrFO3.C18H15BrO3/c1-17-9-10-20(25(29)13-17)16-32-26-12-11-21(28)15-24(26)23-8-4-7-22(23)18-5-3-6-19(14-18)27(30)31-2;19-13-7-8-17(20)16(10-13)15-6-2-5-14(15)11-3-1-4-12(9-11)18(21)22/h3,5-6,9-15H,4,7-8,16H2,1-2H3;1,3-4,7-10,20H,2,5-6H2,(H,21,22). The maximum Gasteiger partial charge on any atom is 0.337 e. The van der Waals surface area contributed by atoms with E-state index in [0.29, 0.717) is 16.9 Å². The van der Waals surface area contributed by atoms with Gasteiger partial charge in [0.2, 0.25) is 0 Å². The third-order valence-corrected chi connectivity index (χ3v) is 10.7. The molecule has 2 aliphatic carbocycles. The second-order valence-corrected chi connectivity index (χ2v) is 15.1. The van der Waals surface area contributed by atoms with E-state index in [0.717, 1.165) is 86.4 Å². The largest absolute Gasteiger partial charge is 0.507 e. The van der Waals surface area contributed by atoms with Crippen molar-refractivity contribution in [3.8, 4) is 11.5 Å². The second-order valence-electron chi connectivity index (χ2n) is 13.3. The van der Waals surface area contributed by atoms with Gasteiger partial charge in [-0.05, 0) is 151 Å². The van der Waals surface area contributed by atoms with E-state index in [1.165, 1.54) is 24.3 Å². The van der Waals surface area contributed by atoms with Gasteiger partial charge < -0.3 is 19.7 Å². The molecule has 0 heterocycles. The molecule has 0 atom stereocenters. The molecule has 0 spiro atoms. The zero-order valence-electron chi connectivity index (χ0n) is 29.9. The summed E-state index contributed by atoms with van der Waals surface area (Å²) < 4.78 is 27.1. The molecule has 2 N–H and O–H groups in total. The average molecular weight is 855 g/mol. The number of hydrogen-bond donors (Lipinski definition) is 2. The highest BCUT2D eigenvalue weighted by atomic mass is 79.9. The molecule has 0 aromatic heterocycles. The highest BCUT2D eigenvalue weighted by Gasteiger charge is 2.23. The fourth-order valence-corrected chi connectivity index (χ4v) is 7.77. The number of carboxylic acids is 1. The zero-order valence-corrected chi connectivity index (χ0v) is 33.1. The van der Waals surface area contributed by atoms with E-state index in [4.69, 9.17) is 14.6 Å². The predicted molar refractivity (Wildman–Crippen MR) is 218 cm³/mol. The van der Waals surface area contributed by atoms with Gasteiger partial charge in [0.1, 0.15) is 23.9 Å². The van der Waals surface area contributed by atoms with Crippen LogP contribution in [0.4, 0.5) is 4.39 Å². The van der Waals surface area contributed by atoms with Crippen molar-refractivity contribution >= 4 is 66.1 Å². The van der Waals surface area contributed by atoms with Crippen LogP contribution in [0.25, 0.3) is 22.3 Å². The topological polar surface area (TPSA) is 93.1 Å². The molecule has 276 valence electrons. The minimum Gasteiger partial charge on any atom is -0.507 e. The van der Waals surface area contributed by atoms with Crippen LogP contribution in [0.3, 0.4) is 0 Å². The van der Waals surface area contributed by atoms with E-state index in [-0.39, 0.29) is 29.7 Å². The molecule has 5 aromatic rings. The van der Waals surface area contributed by atoms with Crippen LogP contribution < -0.4 is 4.74 Å². The van der Waals surface area contributed by atoms with Gasteiger partial charge in [-0.1, -0.05) is 68.3 Å². The fourth-order valence-electron chi connectivity index (χ4n) is 7.05. The van der Waals surface area contributed by atoms with Crippen molar-refractivity contribution in [3.63, 3.8) is 0 Å². The number of aromatic hydroxyl groups is 1. The Labute approximate surface area is 331 Å². The lowest BCUT2D eigenvalue weighted by Crippen LogP contribution is -2.02. The summed E-state index contributed by atoms with van der Waals surface area (Å²) in [5.41, 5.74) is 10.6. The van der Waals surface area contributed by atoms with Crippen molar-refractivity contribution in [3.05, 3.63) is 162 Å². The first-order valence-electron chi connectivity index (χ1n) is 17.7. The fraction of sp³-hybridized carbons (Fsp3) is 0.200. The highest BCUT2D eigenvalue weighted by molar-refractivity contribution is 9.10. The first-order valence-corrected chi connectivity index (χ1v) is 19.2. The molecule has 54 heavy (non-hydrogen) atoms. The van der Waals surface area contributed by atoms with E-state index in [9.17, 15) is 19.1 Å². The molecule has 6 nitrogen and oxygen atoms in total. The lowest BCUT2D eigenvalue weighted by atomic mass is 9.95. The third kappa shape index (κ3) is 9.02. The number of ether oxygens (including phenoxy) is 2. The van der Waals surface area contributed by atoms with Gasteiger partial charge in [0.25, 0.3) is 0 Å². The van der Waals surface area contributed by atoms with Crippen molar-refractivity contribution in [1.29, 1.82) is 0 Å². The molecule has 0 amide bonds.